The Labute approximate surface area is 135 Å². The van der Waals surface area contributed by atoms with Crippen LogP contribution >= 0.6 is 11.8 Å². The number of hydrogen-bond donors (Lipinski definition) is 0. The standard InChI is InChI=1S/C18H20O3S/c1-18(2,3)16(19)11-21-17(20)12-22-15-9-8-13-6-4-5-7-14(13)10-15/h4-10H,11-12H2,1-3H3. The summed E-state index contributed by atoms with van der Waals surface area (Å²) in [6.07, 6.45) is 0. The highest BCUT2D eigenvalue weighted by Crippen LogP contribution is 2.23. The summed E-state index contributed by atoms with van der Waals surface area (Å²) in [7, 11) is 0. The molecule has 116 valence electrons. The van der Waals surface area contributed by atoms with Crippen LogP contribution in [0.2, 0.25) is 0 Å². The normalized spacial score (nSPS) is 11.4. The maximum Gasteiger partial charge on any atom is 0.316 e. The summed E-state index contributed by atoms with van der Waals surface area (Å²) < 4.78 is 5.03. The van der Waals surface area contributed by atoms with E-state index in [0.717, 1.165) is 10.3 Å². The van der Waals surface area contributed by atoms with Crippen molar-refractivity contribution >= 4 is 34.3 Å². The van der Waals surface area contributed by atoms with Crippen LogP contribution in [-0.4, -0.2) is 24.1 Å². The van der Waals surface area contributed by atoms with Crippen LogP contribution in [0.15, 0.2) is 47.4 Å². The van der Waals surface area contributed by atoms with Gasteiger partial charge < -0.3 is 4.74 Å². The Balaban J connectivity index is 1.86. The third kappa shape index (κ3) is 4.60. The van der Waals surface area contributed by atoms with E-state index in [1.165, 1.54) is 17.1 Å². The van der Waals surface area contributed by atoms with Crippen molar-refractivity contribution in [1.29, 1.82) is 0 Å². The van der Waals surface area contributed by atoms with Crippen molar-refractivity contribution in [3.63, 3.8) is 0 Å². The molecular formula is C18H20O3S. The second kappa shape index (κ2) is 6.97. The van der Waals surface area contributed by atoms with Gasteiger partial charge in [0.2, 0.25) is 0 Å². The first-order chi connectivity index (χ1) is 10.4. The van der Waals surface area contributed by atoms with Gasteiger partial charge in [-0.25, -0.2) is 0 Å². The number of fused-ring (bicyclic) bond motifs is 1. The molecule has 0 aromatic heterocycles. The van der Waals surface area contributed by atoms with Gasteiger partial charge in [-0.05, 0) is 22.9 Å². The predicted molar refractivity (Wildman–Crippen MR) is 90.1 cm³/mol. The van der Waals surface area contributed by atoms with E-state index >= 15 is 0 Å². The molecule has 0 spiro atoms. The summed E-state index contributed by atoms with van der Waals surface area (Å²) in [5.41, 5.74) is -0.480. The number of ketones is 1. The van der Waals surface area contributed by atoms with Crippen LogP contribution in [0.5, 0.6) is 0 Å². The Kier molecular flexibility index (Phi) is 5.24. The summed E-state index contributed by atoms with van der Waals surface area (Å²) in [6.45, 7) is 5.29. The van der Waals surface area contributed by atoms with E-state index in [2.05, 4.69) is 6.07 Å². The molecule has 0 N–H and O–H groups in total. The Morgan fingerprint density at radius 3 is 2.41 bits per heavy atom. The lowest BCUT2D eigenvalue weighted by atomic mass is 9.91. The number of thioether (sulfide) groups is 1. The second-order valence-electron chi connectivity index (χ2n) is 6.13. The molecule has 0 saturated carbocycles. The SMILES string of the molecule is CC(C)(C)C(=O)COC(=O)CSc1ccc2ccccc2c1. The molecule has 2 aromatic carbocycles. The molecule has 0 heterocycles. The van der Waals surface area contributed by atoms with Crippen LogP contribution in [0.1, 0.15) is 20.8 Å². The Morgan fingerprint density at radius 1 is 1.05 bits per heavy atom. The van der Waals surface area contributed by atoms with Gasteiger partial charge in [-0.3, -0.25) is 9.59 Å². The van der Waals surface area contributed by atoms with Crippen molar-refractivity contribution in [3.05, 3.63) is 42.5 Å². The fraction of sp³-hybridized carbons (Fsp3) is 0.333. The zero-order valence-electron chi connectivity index (χ0n) is 13.1. The summed E-state index contributed by atoms with van der Waals surface area (Å²) in [6, 6.07) is 14.2. The third-order valence-electron chi connectivity index (χ3n) is 3.28. The molecule has 2 aromatic rings. The van der Waals surface area contributed by atoms with E-state index in [4.69, 9.17) is 4.74 Å². The lowest BCUT2D eigenvalue weighted by molar-refractivity contribution is -0.147. The molecule has 0 unspecified atom stereocenters. The van der Waals surface area contributed by atoms with Crippen molar-refractivity contribution in [3.8, 4) is 0 Å². The highest BCUT2D eigenvalue weighted by atomic mass is 32.2. The number of Topliss-reactive ketones (excluding diaryl/α,β-unsaturated/α-hetero) is 1. The molecule has 0 radical (unpaired) electrons. The topological polar surface area (TPSA) is 43.4 Å². The molecular weight excluding hydrogens is 296 g/mol. The van der Waals surface area contributed by atoms with Gasteiger partial charge in [0.1, 0.15) is 0 Å². The van der Waals surface area contributed by atoms with Crippen LogP contribution < -0.4 is 0 Å². The summed E-state index contributed by atoms with van der Waals surface area (Å²) in [5, 5.41) is 2.31. The predicted octanol–water partition coefficient (Wildman–Crippen LogP) is 4.09. The molecule has 0 aliphatic heterocycles. The van der Waals surface area contributed by atoms with E-state index in [0.29, 0.717) is 0 Å². The first kappa shape index (κ1) is 16.6. The minimum Gasteiger partial charge on any atom is -0.457 e. The summed E-state index contributed by atoms with van der Waals surface area (Å²) in [4.78, 5) is 24.4. The summed E-state index contributed by atoms with van der Waals surface area (Å²) in [5.74, 6) is -0.234. The average molecular weight is 316 g/mol. The number of carbonyl (C=O) groups is 2. The number of esters is 1. The first-order valence-corrected chi connectivity index (χ1v) is 8.15. The molecule has 4 heteroatoms. The van der Waals surface area contributed by atoms with E-state index in [1.807, 2.05) is 57.2 Å². The summed E-state index contributed by atoms with van der Waals surface area (Å²) >= 11 is 1.42. The molecule has 3 nitrogen and oxygen atoms in total. The lowest BCUT2D eigenvalue weighted by Gasteiger charge is -2.16. The van der Waals surface area contributed by atoms with Crippen LogP contribution in [0.25, 0.3) is 10.8 Å². The number of rotatable bonds is 5. The Morgan fingerprint density at radius 2 is 1.73 bits per heavy atom. The minimum absolute atomic E-state index is 0.0726. The molecule has 0 fully saturated rings. The van der Waals surface area contributed by atoms with Gasteiger partial charge in [0.05, 0.1) is 5.75 Å². The fourth-order valence-corrected chi connectivity index (χ4v) is 2.55. The molecule has 0 saturated heterocycles. The zero-order chi connectivity index (χ0) is 16.2. The van der Waals surface area contributed by atoms with Crippen molar-refractivity contribution in [1.82, 2.24) is 0 Å². The molecule has 0 atom stereocenters. The van der Waals surface area contributed by atoms with Gasteiger partial charge >= 0.3 is 5.97 Å². The zero-order valence-corrected chi connectivity index (χ0v) is 13.9. The molecule has 22 heavy (non-hydrogen) atoms. The van der Waals surface area contributed by atoms with E-state index < -0.39 is 5.41 Å². The van der Waals surface area contributed by atoms with Gasteiger partial charge in [-0.1, -0.05) is 51.1 Å². The van der Waals surface area contributed by atoms with Crippen molar-refractivity contribution in [2.75, 3.05) is 12.4 Å². The van der Waals surface area contributed by atoms with Crippen LogP contribution in [0.3, 0.4) is 0 Å². The van der Waals surface area contributed by atoms with E-state index in [9.17, 15) is 9.59 Å². The first-order valence-electron chi connectivity index (χ1n) is 7.17. The van der Waals surface area contributed by atoms with Crippen LogP contribution in [-0.2, 0) is 14.3 Å². The van der Waals surface area contributed by atoms with Crippen molar-refractivity contribution < 1.29 is 14.3 Å². The van der Waals surface area contributed by atoms with Crippen molar-refractivity contribution in [2.45, 2.75) is 25.7 Å². The van der Waals surface area contributed by atoms with Gasteiger partial charge in [0.15, 0.2) is 12.4 Å². The monoisotopic (exact) mass is 316 g/mol. The Bertz CT molecular complexity index is 686. The van der Waals surface area contributed by atoms with E-state index in [1.54, 1.807) is 0 Å². The quantitative estimate of drug-likeness (QED) is 0.615. The largest absolute Gasteiger partial charge is 0.457 e. The molecule has 0 aliphatic rings. The lowest BCUT2D eigenvalue weighted by Crippen LogP contribution is -2.26. The number of carbonyl (C=O) groups excluding carboxylic acids is 2. The smallest absolute Gasteiger partial charge is 0.316 e. The minimum atomic E-state index is -0.480. The fourth-order valence-electron chi connectivity index (χ4n) is 1.80. The van der Waals surface area contributed by atoms with Crippen LogP contribution in [0.4, 0.5) is 0 Å². The van der Waals surface area contributed by atoms with Gasteiger partial charge in [-0.15, -0.1) is 11.8 Å². The number of hydrogen-bond acceptors (Lipinski definition) is 4. The molecule has 0 aliphatic carbocycles. The third-order valence-corrected chi connectivity index (χ3v) is 4.25. The van der Waals surface area contributed by atoms with Gasteiger partial charge in [-0.2, -0.15) is 0 Å². The highest BCUT2D eigenvalue weighted by Gasteiger charge is 2.22. The van der Waals surface area contributed by atoms with Crippen LogP contribution in [0, 0.1) is 5.41 Å². The highest BCUT2D eigenvalue weighted by molar-refractivity contribution is 8.00. The van der Waals surface area contributed by atoms with Gasteiger partial charge in [0.25, 0.3) is 0 Å². The average Bonchev–Trinajstić information content (AvgIpc) is 2.49. The number of benzene rings is 2. The number of ether oxygens (including phenoxy) is 1. The maximum atomic E-state index is 11.7. The molecule has 0 amide bonds. The molecule has 0 bridgehead atoms. The maximum absolute atomic E-state index is 11.7. The van der Waals surface area contributed by atoms with E-state index in [-0.39, 0.29) is 24.1 Å². The van der Waals surface area contributed by atoms with Gasteiger partial charge in [0, 0.05) is 10.3 Å². The Hall–Kier alpha value is -1.81. The molecule has 2 rings (SSSR count). The van der Waals surface area contributed by atoms with Crippen molar-refractivity contribution in [2.24, 2.45) is 5.41 Å². The second-order valence-corrected chi connectivity index (χ2v) is 7.18.